The van der Waals surface area contributed by atoms with Gasteiger partial charge in [-0.3, -0.25) is 9.59 Å². The van der Waals surface area contributed by atoms with Gasteiger partial charge in [0.05, 0.1) is 14.2 Å². The summed E-state index contributed by atoms with van der Waals surface area (Å²) in [5, 5.41) is 0. The van der Waals surface area contributed by atoms with Crippen molar-refractivity contribution in [1.82, 2.24) is 0 Å². The molecule has 0 heterocycles. The zero-order chi connectivity index (χ0) is 18.3. The fourth-order valence-electron chi connectivity index (χ4n) is 3.00. The highest BCUT2D eigenvalue weighted by Gasteiger charge is 2.53. The quantitative estimate of drug-likeness (QED) is 0.578. The number of allylic oxidation sites excluding steroid dienone is 4. The van der Waals surface area contributed by atoms with E-state index >= 15 is 0 Å². The number of hydrogen-bond acceptors (Lipinski definition) is 4. The van der Waals surface area contributed by atoms with Crippen LogP contribution in [0.25, 0.3) is 6.08 Å². The lowest BCUT2D eigenvalue weighted by Gasteiger charge is -2.25. The topological polar surface area (TPSA) is 52.6 Å². The predicted molar refractivity (Wildman–Crippen MR) is 97.6 cm³/mol. The van der Waals surface area contributed by atoms with E-state index in [1.807, 2.05) is 61.6 Å². The van der Waals surface area contributed by atoms with Gasteiger partial charge in [-0.25, -0.2) is 0 Å². The molecule has 4 nitrogen and oxygen atoms in total. The molecule has 0 saturated heterocycles. The molecule has 0 saturated carbocycles. The van der Waals surface area contributed by atoms with Crippen LogP contribution in [0.1, 0.15) is 31.7 Å². The summed E-state index contributed by atoms with van der Waals surface area (Å²) in [7, 11) is 2.59. The molecule has 0 fully saturated rings. The summed E-state index contributed by atoms with van der Waals surface area (Å²) in [4.78, 5) is 25.0. The number of carbonyl (C=O) groups is 2. The molecule has 0 aliphatic heterocycles. The van der Waals surface area contributed by atoms with Crippen molar-refractivity contribution >= 4 is 18.0 Å². The van der Waals surface area contributed by atoms with Gasteiger partial charge >= 0.3 is 11.9 Å². The molecule has 0 N–H and O–H groups in total. The van der Waals surface area contributed by atoms with Crippen LogP contribution in [0.15, 0.2) is 59.7 Å². The van der Waals surface area contributed by atoms with Crippen LogP contribution in [0.4, 0.5) is 0 Å². The molecular formula is C21H24O4. The van der Waals surface area contributed by atoms with Gasteiger partial charge in [0.15, 0.2) is 5.41 Å². The molecule has 0 atom stereocenters. The summed E-state index contributed by atoms with van der Waals surface area (Å²) in [5.41, 5.74) is 1.19. The summed E-state index contributed by atoms with van der Waals surface area (Å²) >= 11 is 0. The van der Waals surface area contributed by atoms with Gasteiger partial charge in [-0.05, 0) is 23.1 Å². The highest BCUT2D eigenvalue weighted by molar-refractivity contribution is 6.05. The first-order valence-corrected chi connectivity index (χ1v) is 8.39. The molecule has 0 unspecified atom stereocenters. The minimum Gasteiger partial charge on any atom is -0.468 e. The van der Waals surface area contributed by atoms with Crippen molar-refractivity contribution in [3.63, 3.8) is 0 Å². The van der Waals surface area contributed by atoms with Crippen LogP contribution in [-0.4, -0.2) is 26.2 Å². The number of esters is 2. The van der Waals surface area contributed by atoms with E-state index in [1.165, 1.54) is 14.2 Å². The van der Waals surface area contributed by atoms with E-state index in [2.05, 4.69) is 0 Å². The van der Waals surface area contributed by atoms with Gasteiger partial charge in [0, 0.05) is 6.42 Å². The Morgan fingerprint density at radius 2 is 1.72 bits per heavy atom. The maximum Gasteiger partial charge on any atom is 0.328 e. The predicted octanol–water partition coefficient (Wildman–Crippen LogP) is 4.09. The van der Waals surface area contributed by atoms with Crippen LogP contribution >= 0.6 is 0 Å². The van der Waals surface area contributed by atoms with Crippen molar-refractivity contribution in [2.45, 2.75) is 26.2 Å². The summed E-state index contributed by atoms with van der Waals surface area (Å²) in [6.07, 6.45) is 9.66. The zero-order valence-corrected chi connectivity index (χ0v) is 15.0. The van der Waals surface area contributed by atoms with Gasteiger partial charge in [-0.15, -0.1) is 0 Å². The van der Waals surface area contributed by atoms with E-state index in [9.17, 15) is 9.59 Å². The molecule has 4 heteroatoms. The molecule has 0 bridgehead atoms. The Balaban J connectivity index is 2.40. The van der Waals surface area contributed by atoms with Crippen molar-refractivity contribution in [3.05, 3.63) is 65.3 Å². The van der Waals surface area contributed by atoms with Crippen LogP contribution in [0.3, 0.4) is 0 Å². The Morgan fingerprint density at radius 1 is 1.08 bits per heavy atom. The number of ether oxygens (including phenoxy) is 2. The fourth-order valence-corrected chi connectivity index (χ4v) is 3.00. The number of unbranched alkanes of at least 4 members (excludes halogenated alkanes) is 1. The van der Waals surface area contributed by atoms with Crippen molar-refractivity contribution < 1.29 is 19.1 Å². The molecule has 132 valence electrons. The normalized spacial score (nSPS) is 17.6. The number of methoxy groups -OCH3 is 2. The Labute approximate surface area is 148 Å². The molecule has 25 heavy (non-hydrogen) atoms. The van der Waals surface area contributed by atoms with E-state index in [4.69, 9.17) is 9.47 Å². The van der Waals surface area contributed by atoms with Crippen LogP contribution in [0.2, 0.25) is 0 Å². The van der Waals surface area contributed by atoms with Crippen molar-refractivity contribution in [2.24, 2.45) is 5.41 Å². The number of hydrogen-bond donors (Lipinski definition) is 0. The average Bonchev–Trinajstić information content (AvgIpc) is 3.03. The van der Waals surface area contributed by atoms with Gasteiger partial charge in [0.25, 0.3) is 0 Å². The summed E-state index contributed by atoms with van der Waals surface area (Å²) in [5.74, 6) is -1.16. The molecule has 0 aromatic heterocycles. The Hall–Kier alpha value is -2.62. The molecule has 1 aromatic carbocycles. The van der Waals surface area contributed by atoms with Gasteiger partial charge in [0.2, 0.25) is 0 Å². The SMILES string of the molecule is CCC/C=C1C=C(/C=C/c2ccccc2)CC\1(C(=O)OC)C(=O)OC. The lowest BCUT2D eigenvalue weighted by Crippen LogP contribution is -2.40. The first kappa shape index (κ1) is 18.7. The van der Waals surface area contributed by atoms with E-state index < -0.39 is 17.4 Å². The number of carbonyl (C=O) groups excluding carboxylic acids is 2. The van der Waals surface area contributed by atoms with Crippen LogP contribution in [0, 0.1) is 5.41 Å². The number of rotatable bonds is 6. The summed E-state index contributed by atoms with van der Waals surface area (Å²) < 4.78 is 9.89. The van der Waals surface area contributed by atoms with Crippen molar-refractivity contribution in [2.75, 3.05) is 14.2 Å². The minimum absolute atomic E-state index is 0.241. The third-order valence-electron chi connectivity index (χ3n) is 4.31. The largest absolute Gasteiger partial charge is 0.468 e. The van der Waals surface area contributed by atoms with E-state index in [0.29, 0.717) is 5.57 Å². The molecule has 0 radical (unpaired) electrons. The zero-order valence-electron chi connectivity index (χ0n) is 15.0. The molecule has 1 aromatic rings. The number of benzene rings is 1. The molecule has 0 amide bonds. The first-order chi connectivity index (χ1) is 12.1. The summed E-state index contributed by atoms with van der Waals surface area (Å²) in [6, 6.07) is 9.86. The fraction of sp³-hybridized carbons (Fsp3) is 0.333. The second-order valence-corrected chi connectivity index (χ2v) is 5.98. The monoisotopic (exact) mass is 340 g/mol. The van der Waals surface area contributed by atoms with Crippen LogP contribution in [-0.2, 0) is 19.1 Å². The van der Waals surface area contributed by atoms with Gasteiger partial charge in [0.1, 0.15) is 0 Å². The van der Waals surface area contributed by atoms with Crippen LogP contribution in [0.5, 0.6) is 0 Å². The first-order valence-electron chi connectivity index (χ1n) is 8.39. The molecule has 2 rings (SSSR count). The minimum atomic E-state index is -1.41. The highest BCUT2D eigenvalue weighted by atomic mass is 16.5. The third-order valence-corrected chi connectivity index (χ3v) is 4.31. The Morgan fingerprint density at radius 3 is 2.28 bits per heavy atom. The van der Waals surface area contributed by atoms with E-state index in [0.717, 1.165) is 24.0 Å². The van der Waals surface area contributed by atoms with Gasteiger partial charge in [-0.1, -0.05) is 68.0 Å². The van der Waals surface area contributed by atoms with Gasteiger partial charge in [-0.2, -0.15) is 0 Å². The second kappa shape index (κ2) is 8.47. The van der Waals surface area contributed by atoms with E-state index in [1.54, 1.807) is 0 Å². The average molecular weight is 340 g/mol. The van der Waals surface area contributed by atoms with Crippen molar-refractivity contribution in [3.8, 4) is 0 Å². The third kappa shape index (κ3) is 3.90. The molecule has 0 spiro atoms. The molecular weight excluding hydrogens is 316 g/mol. The lowest BCUT2D eigenvalue weighted by molar-refractivity contribution is -0.165. The van der Waals surface area contributed by atoms with E-state index in [-0.39, 0.29) is 6.42 Å². The van der Waals surface area contributed by atoms with Crippen molar-refractivity contribution in [1.29, 1.82) is 0 Å². The summed E-state index contributed by atoms with van der Waals surface area (Å²) in [6.45, 7) is 2.05. The molecule has 1 aliphatic rings. The van der Waals surface area contributed by atoms with Gasteiger partial charge < -0.3 is 9.47 Å². The Kier molecular flexibility index (Phi) is 6.34. The molecule has 1 aliphatic carbocycles. The Bertz CT molecular complexity index is 695. The highest BCUT2D eigenvalue weighted by Crippen LogP contribution is 2.45. The second-order valence-electron chi connectivity index (χ2n) is 5.98. The maximum absolute atomic E-state index is 12.5. The maximum atomic E-state index is 12.5. The smallest absolute Gasteiger partial charge is 0.328 e. The lowest BCUT2D eigenvalue weighted by atomic mass is 9.80. The van der Waals surface area contributed by atoms with Crippen LogP contribution < -0.4 is 0 Å². The standard InChI is InChI=1S/C21H24O4/c1-4-5-11-18-14-17(13-12-16-9-7-6-8-10-16)15-21(18,19(22)24-2)20(23)25-3/h6-14H,4-5,15H2,1-3H3/b13-12+,18-11+.